The Morgan fingerprint density at radius 1 is 1.16 bits per heavy atom. The van der Waals surface area contributed by atoms with Crippen LogP contribution in [0.15, 0.2) is 30.5 Å². The first-order valence-corrected chi connectivity index (χ1v) is 6.38. The molecule has 0 aliphatic heterocycles. The molecule has 2 aromatic heterocycles. The summed E-state index contributed by atoms with van der Waals surface area (Å²) in [5.41, 5.74) is 9.23. The Morgan fingerprint density at radius 2 is 1.95 bits per heavy atom. The van der Waals surface area contributed by atoms with Crippen LogP contribution in [0.5, 0.6) is 0 Å². The van der Waals surface area contributed by atoms with Gasteiger partial charge in [-0.2, -0.15) is 0 Å². The van der Waals surface area contributed by atoms with Gasteiger partial charge in [0.05, 0.1) is 15.7 Å². The predicted molar refractivity (Wildman–Crippen MR) is 78.0 cm³/mol. The maximum Gasteiger partial charge on any atom is 0.207 e. The first-order chi connectivity index (χ1) is 9.06. The number of aromatic nitrogens is 3. The molecule has 0 fully saturated rings. The van der Waals surface area contributed by atoms with E-state index >= 15 is 0 Å². The number of hydrogen-bond acceptors (Lipinski definition) is 3. The first kappa shape index (κ1) is 12.3. The van der Waals surface area contributed by atoms with Crippen LogP contribution in [0.25, 0.3) is 16.9 Å². The maximum absolute atomic E-state index is 6.03. The molecule has 0 saturated heterocycles. The van der Waals surface area contributed by atoms with Crippen molar-refractivity contribution in [2.24, 2.45) is 0 Å². The lowest BCUT2D eigenvalue weighted by atomic mass is 10.3. The number of anilines is 1. The second-order valence-electron chi connectivity index (χ2n) is 4.26. The minimum Gasteiger partial charge on any atom is -0.369 e. The van der Waals surface area contributed by atoms with E-state index in [0.29, 0.717) is 21.6 Å². The fraction of sp³-hybridized carbons (Fsp3) is 0.0769. The average Bonchev–Trinajstić information content (AvgIpc) is 2.68. The highest BCUT2D eigenvalue weighted by Gasteiger charge is 2.12. The number of hydrogen-bond donors (Lipinski definition) is 1. The number of nitrogen functional groups attached to an aromatic ring is 1. The van der Waals surface area contributed by atoms with Crippen LogP contribution >= 0.6 is 23.2 Å². The smallest absolute Gasteiger partial charge is 0.207 e. The van der Waals surface area contributed by atoms with Crippen molar-refractivity contribution in [3.05, 3.63) is 46.1 Å². The third kappa shape index (κ3) is 2.03. The molecule has 0 aliphatic rings. The summed E-state index contributed by atoms with van der Waals surface area (Å²) < 4.78 is 1.75. The topological polar surface area (TPSA) is 56.7 Å². The molecular formula is C13H10Cl2N4. The van der Waals surface area contributed by atoms with Crippen molar-refractivity contribution in [1.82, 2.24) is 14.5 Å². The van der Waals surface area contributed by atoms with Crippen molar-refractivity contribution in [2.75, 3.05) is 5.73 Å². The van der Waals surface area contributed by atoms with Gasteiger partial charge >= 0.3 is 0 Å². The number of benzene rings is 1. The van der Waals surface area contributed by atoms with Gasteiger partial charge in [0.2, 0.25) is 5.95 Å². The molecule has 2 heterocycles. The summed E-state index contributed by atoms with van der Waals surface area (Å²) in [5.74, 6) is 0.367. The molecule has 4 nitrogen and oxygen atoms in total. The third-order valence-corrected chi connectivity index (χ3v) is 3.56. The lowest BCUT2D eigenvalue weighted by molar-refractivity contribution is 1.08. The lowest BCUT2D eigenvalue weighted by Gasteiger charge is -2.07. The van der Waals surface area contributed by atoms with Gasteiger partial charge in [-0.1, -0.05) is 23.2 Å². The zero-order valence-corrected chi connectivity index (χ0v) is 11.6. The Kier molecular flexibility index (Phi) is 2.84. The quantitative estimate of drug-likeness (QED) is 0.745. The number of fused-ring (bicyclic) bond motifs is 1. The summed E-state index contributed by atoms with van der Waals surface area (Å²) in [6.45, 7) is 1.96. The molecule has 19 heavy (non-hydrogen) atoms. The molecule has 1 aromatic carbocycles. The lowest BCUT2D eigenvalue weighted by Crippen LogP contribution is -2.01. The molecule has 0 amide bonds. The molecule has 0 bridgehead atoms. The van der Waals surface area contributed by atoms with Crippen molar-refractivity contribution in [3.63, 3.8) is 0 Å². The molecule has 0 atom stereocenters. The Hall–Kier alpha value is -1.78. The number of aryl methyl sites for hydroxylation is 1. The monoisotopic (exact) mass is 292 g/mol. The van der Waals surface area contributed by atoms with Crippen LogP contribution in [0.3, 0.4) is 0 Å². The summed E-state index contributed by atoms with van der Waals surface area (Å²) in [5, 5.41) is 0.963. The molecule has 0 unspecified atom stereocenters. The van der Waals surface area contributed by atoms with Crippen LogP contribution in [0.2, 0.25) is 10.0 Å². The summed E-state index contributed by atoms with van der Waals surface area (Å²) in [6, 6.07) is 7.22. The van der Waals surface area contributed by atoms with Gasteiger partial charge in [-0.25, -0.2) is 9.97 Å². The Balaban J connectivity index is 2.29. The fourth-order valence-corrected chi connectivity index (χ4v) is 2.25. The second kappa shape index (κ2) is 4.40. The second-order valence-corrected chi connectivity index (χ2v) is 5.07. The van der Waals surface area contributed by atoms with E-state index in [1.165, 1.54) is 0 Å². The molecule has 0 radical (unpaired) electrons. The maximum atomic E-state index is 6.03. The SMILES string of the molecule is Cc1cnc2c(c1)nc(N)n2-c1ccc(Cl)c(Cl)c1. The van der Waals surface area contributed by atoms with Gasteiger partial charge in [0.1, 0.15) is 5.52 Å². The Morgan fingerprint density at radius 3 is 2.68 bits per heavy atom. The van der Waals surface area contributed by atoms with Crippen LogP contribution in [-0.4, -0.2) is 14.5 Å². The number of halogens is 2. The van der Waals surface area contributed by atoms with Crippen LogP contribution in [-0.2, 0) is 0 Å². The summed E-state index contributed by atoms with van der Waals surface area (Å²) in [7, 11) is 0. The molecular weight excluding hydrogens is 283 g/mol. The minimum atomic E-state index is 0.367. The normalized spacial score (nSPS) is 11.1. The van der Waals surface area contributed by atoms with E-state index in [9.17, 15) is 0 Å². The molecule has 3 aromatic rings. The van der Waals surface area contributed by atoms with Gasteiger partial charge in [0, 0.05) is 6.20 Å². The van der Waals surface area contributed by atoms with Gasteiger partial charge in [0.15, 0.2) is 5.65 Å². The van der Waals surface area contributed by atoms with E-state index in [0.717, 1.165) is 16.8 Å². The Labute approximate surface area is 119 Å². The van der Waals surface area contributed by atoms with Crippen LogP contribution < -0.4 is 5.73 Å². The van der Waals surface area contributed by atoms with Gasteiger partial charge < -0.3 is 5.73 Å². The highest BCUT2D eigenvalue weighted by molar-refractivity contribution is 6.42. The third-order valence-electron chi connectivity index (χ3n) is 2.82. The van der Waals surface area contributed by atoms with E-state index in [-0.39, 0.29) is 0 Å². The molecule has 6 heteroatoms. The van der Waals surface area contributed by atoms with E-state index < -0.39 is 0 Å². The van der Waals surface area contributed by atoms with Gasteiger partial charge in [-0.3, -0.25) is 4.57 Å². The zero-order valence-electron chi connectivity index (χ0n) is 10.1. The van der Waals surface area contributed by atoms with Crippen LogP contribution in [0.4, 0.5) is 5.95 Å². The Bertz CT molecular complexity index is 780. The van der Waals surface area contributed by atoms with Crippen molar-refractivity contribution >= 4 is 40.3 Å². The molecule has 0 spiro atoms. The number of nitrogens with zero attached hydrogens (tertiary/aromatic N) is 3. The first-order valence-electron chi connectivity index (χ1n) is 5.62. The molecule has 0 saturated carbocycles. The predicted octanol–water partition coefficient (Wildman–Crippen LogP) is 3.62. The van der Waals surface area contributed by atoms with Crippen LogP contribution in [0.1, 0.15) is 5.56 Å². The van der Waals surface area contributed by atoms with Crippen molar-refractivity contribution < 1.29 is 0 Å². The van der Waals surface area contributed by atoms with E-state index in [1.807, 2.05) is 19.1 Å². The molecule has 0 aliphatic carbocycles. The number of pyridine rings is 1. The number of nitrogens with two attached hydrogens (primary N) is 1. The van der Waals surface area contributed by atoms with E-state index in [4.69, 9.17) is 28.9 Å². The molecule has 3 rings (SSSR count). The number of rotatable bonds is 1. The molecule has 2 N–H and O–H groups in total. The van der Waals surface area contributed by atoms with Crippen molar-refractivity contribution in [2.45, 2.75) is 6.92 Å². The largest absolute Gasteiger partial charge is 0.369 e. The average molecular weight is 293 g/mol. The van der Waals surface area contributed by atoms with Gasteiger partial charge in [-0.05, 0) is 36.8 Å². The molecule has 96 valence electrons. The highest BCUT2D eigenvalue weighted by atomic mass is 35.5. The van der Waals surface area contributed by atoms with E-state index in [1.54, 1.807) is 22.9 Å². The summed E-state index contributed by atoms with van der Waals surface area (Å²) in [6.07, 6.45) is 1.78. The van der Waals surface area contributed by atoms with Crippen molar-refractivity contribution in [1.29, 1.82) is 0 Å². The van der Waals surface area contributed by atoms with Gasteiger partial charge in [0.25, 0.3) is 0 Å². The summed E-state index contributed by atoms with van der Waals surface area (Å²) in [4.78, 5) is 8.68. The van der Waals surface area contributed by atoms with E-state index in [2.05, 4.69) is 9.97 Å². The standard InChI is InChI=1S/C13H10Cl2N4/c1-7-4-11-12(17-6-7)19(13(16)18-11)8-2-3-9(14)10(15)5-8/h2-6H,1H3,(H2,16,18). The highest BCUT2D eigenvalue weighted by Crippen LogP contribution is 2.28. The van der Waals surface area contributed by atoms with Crippen molar-refractivity contribution in [3.8, 4) is 5.69 Å². The summed E-state index contributed by atoms with van der Waals surface area (Å²) >= 11 is 11.9. The van der Waals surface area contributed by atoms with Crippen LogP contribution in [0, 0.1) is 6.92 Å². The zero-order chi connectivity index (χ0) is 13.6. The minimum absolute atomic E-state index is 0.367. The van der Waals surface area contributed by atoms with Gasteiger partial charge in [-0.15, -0.1) is 0 Å². The fourth-order valence-electron chi connectivity index (χ4n) is 1.96. The number of imidazole rings is 1.